The Morgan fingerprint density at radius 2 is 2.00 bits per heavy atom. The predicted octanol–water partition coefficient (Wildman–Crippen LogP) is 1.78. The van der Waals surface area contributed by atoms with Gasteiger partial charge in [0.05, 0.1) is 6.54 Å². The van der Waals surface area contributed by atoms with Crippen LogP contribution in [-0.2, 0) is 9.53 Å². The number of ether oxygens (including phenoxy) is 1. The fourth-order valence-corrected chi connectivity index (χ4v) is 1.58. The summed E-state index contributed by atoms with van der Waals surface area (Å²) in [7, 11) is 1.60. The molecule has 1 rings (SSSR count). The standard InChI is InChI=1S/C13H18F2N2O2/c1-9(8-19-2)6-16-7-12(18)17-13-10(14)4-3-5-11(13)15/h3-5,9,16H,6-8H2,1-2H3,(H,17,18). The lowest BCUT2D eigenvalue weighted by atomic mass is 10.2. The maximum atomic E-state index is 13.3. The summed E-state index contributed by atoms with van der Waals surface area (Å²) in [6.07, 6.45) is 0. The molecule has 1 atom stereocenters. The number of hydrogen-bond acceptors (Lipinski definition) is 3. The lowest BCUT2D eigenvalue weighted by Crippen LogP contribution is -2.32. The molecule has 19 heavy (non-hydrogen) atoms. The van der Waals surface area contributed by atoms with Gasteiger partial charge >= 0.3 is 0 Å². The third-order valence-electron chi connectivity index (χ3n) is 2.46. The first-order valence-corrected chi connectivity index (χ1v) is 5.98. The molecule has 0 bridgehead atoms. The molecule has 0 radical (unpaired) electrons. The van der Waals surface area contributed by atoms with Crippen LogP contribution in [0.15, 0.2) is 18.2 Å². The van der Waals surface area contributed by atoms with Crippen molar-refractivity contribution in [1.29, 1.82) is 0 Å². The van der Waals surface area contributed by atoms with Crippen molar-refractivity contribution in [3.05, 3.63) is 29.8 Å². The van der Waals surface area contributed by atoms with Crippen molar-refractivity contribution < 1.29 is 18.3 Å². The SMILES string of the molecule is COCC(C)CNCC(=O)Nc1c(F)cccc1F. The summed E-state index contributed by atoms with van der Waals surface area (Å²) in [5.74, 6) is -1.82. The largest absolute Gasteiger partial charge is 0.384 e. The van der Waals surface area contributed by atoms with Crippen molar-refractivity contribution in [3.63, 3.8) is 0 Å². The monoisotopic (exact) mass is 272 g/mol. The van der Waals surface area contributed by atoms with Crippen LogP contribution in [0.1, 0.15) is 6.92 Å². The van der Waals surface area contributed by atoms with E-state index in [0.717, 1.165) is 12.1 Å². The average molecular weight is 272 g/mol. The van der Waals surface area contributed by atoms with Crippen LogP contribution in [0.25, 0.3) is 0 Å². The minimum absolute atomic E-state index is 0.0121. The summed E-state index contributed by atoms with van der Waals surface area (Å²) >= 11 is 0. The minimum Gasteiger partial charge on any atom is -0.384 e. The van der Waals surface area contributed by atoms with E-state index in [1.165, 1.54) is 6.07 Å². The minimum atomic E-state index is -0.791. The third-order valence-corrected chi connectivity index (χ3v) is 2.46. The zero-order valence-corrected chi connectivity index (χ0v) is 11.0. The smallest absolute Gasteiger partial charge is 0.238 e. The van der Waals surface area contributed by atoms with Gasteiger partial charge in [0.1, 0.15) is 17.3 Å². The van der Waals surface area contributed by atoms with Gasteiger partial charge in [-0.15, -0.1) is 0 Å². The van der Waals surface area contributed by atoms with Gasteiger partial charge in [-0.3, -0.25) is 4.79 Å². The van der Waals surface area contributed by atoms with Gasteiger partial charge in [0, 0.05) is 20.3 Å². The van der Waals surface area contributed by atoms with Crippen LogP contribution in [0, 0.1) is 17.6 Å². The number of methoxy groups -OCH3 is 1. The maximum Gasteiger partial charge on any atom is 0.238 e. The van der Waals surface area contributed by atoms with Crippen LogP contribution in [-0.4, -0.2) is 32.7 Å². The van der Waals surface area contributed by atoms with E-state index in [9.17, 15) is 13.6 Å². The molecule has 1 unspecified atom stereocenters. The van der Waals surface area contributed by atoms with Crippen LogP contribution in [0.3, 0.4) is 0 Å². The molecule has 2 N–H and O–H groups in total. The first-order chi connectivity index (χ1) is 9.04. The molecule has 1 aromatic rings. The van der Waals surface area contributed by atoms with E-state index in [1.54, 1.807) is 7.11 Å². The van der Waals surface area contributed by atoms with Gasteiger partial charge in [-0.25, -0.2) is 8.78 Å². The Hall–Kier alpha value is -1.53. The van der Waals surface area contributed by atoms with Gasteiger partial charge < -0.3 is 15.4 Å². The van der Waals surface area contributed by atoms with E-state index in [4.69, 9.17) is 4.74 Å². The number of carbonyl (C=O) groups is 1. The Kier molecular flexibility index (Phi) is 6.38. The highest BCUT2D eigenvalue weighted by molar-refractivity contribution is 5.92. The molecule has 0 saturated carbocycles. The highest BCUT2D eigenvalue weighted by Crippen LogP contribution is 2.17. The summed E-state index contributed by atoms with van der Waals surface area (Å²) in [4.78, 5) is 11.5. The molecule has 0 saturated heterocycles. The molecule has 0 spiro atoms. The van der Waals surface area contributed by atoms with Crippen molar-refractivity contribution >= 4 is 11.6 Å². The van der Waals surface area contributed by atoms with Crippen LogP contribution < -0.4 is 10.6 Å². The second kappa shape index (κ2) is 7.81. The fraction of sp³-hybridized carbons (Fsp3) is 0.462. The zero-order chi connectivity index (χ0) is 14.3. The van der Waals surface area contributed by atoms with Gasteiger partial charge in [0.15, 0.2) is 0 Å². The van der Waals surface area contributed by atoms with E-state index < -0.39 is 23.2 Å². The predicted molar refractivity (Wildman–Crippen MR) is 68.9 cm³/mol. The van der Waals surface area contributed by atoms with Gasteiger partial charge in [0.2, 0.25) is 5.91 Å². The summed E-state index contributed by atoms with van der Waals surface area (Å²) in [6.45, 7) is 3.12. The highest BCUT2D eigenvalue weighted by Gasteiger charge is 2.11. The molecule has 0 aromatic heterocycles. The quantitative estimate of drug-likeness (QED) is 0.795. The van der Waals surface area contributed by atoms with E-state index in [0.29, 0.717) is 13.2 Å². The fourth-order valence-electron chi connectivity index (χ4n) is 1.58. The third kappa shape index (κ3) is 5.32. The molecule has 0 heterocycles. The number of anilines is 1. The molecule has 6 heteroatoms. The number of halogens is 2. The summed E-state index contributed by atoms with van der Waals surface area (Å²) in [6, 6.07) is 3.42. The van der Waals surface area contributed by atoms with E-state index >= 15 is 0 Å². The number of benzene rings is 1. The normalized spacial score (nSPS) is 12.2. The molecular formula is C13H18F2N2O2. The molecule has 0 fully saturated rings. The first-order valence-electron chi connectivity index (χ1n) is 5.98. The molecule has 1 amide bonds. The molecule has 0 aliphatic carbocycles. The lowest BCUT2D eigenvalue weighted by Gasteiger charge is -2.12. The van der Waals surface area contributed by atoms with E-state index in [2.05, 4.69) is 10.6 Å². The molecule has 0 aliphatic rings. The van der Waals surface area contributed by atoms with Gasteiger partial charge in [0.25, 0.3) is 0 Å². The number of carbonyl (C=O) groups excluding carboxylic acids is 1. The number of para-hydroxylation sites is 1. The zero-order valence-electron chi connectivity index (χ0n) is 11.0. The second-order valence-electron chi connectivity index (χ2n) is 4.34. The Morgan fingerprint density at radius 3 is 2.58 bits per heavy atom. The van der Waals surface area contributed by atoms with Crippen LogP contribution >= 0.6 is 0 Å². The Labute approximate surface area is 111 Å². The Morgan fingerprint density at radius 1 is 1.37 bits per heavy atom. The first kappa shape index (κ1) is 15.5. The average Bonchev–Trinajstić information content (AvgIpc) is 2.34. The van der Waals surface area contributed by atoms with Crippen LogP contribution in [0.4, 0.5) is 14.5 Å². The topological polar surface area (TPSA) is 50.4 Å². The Bertz CT molecular complexity index is 407. The Balaban J connectivity index is 2.39. The molecule has 1 aromatic carbocycles. The summed E-state index contributed by atoms with van der Waals surface area (Å²) in [5, 5.41) is 5.09. The molecule has 106 valence electrons. The van der Waals surface area contributed by atoms with Gasteiger partial charge in [-0.2, -0.15) is 0 Å². The second-order valence-corrected chi connectivity index (χ2v) is 4.34. The number of rotatable bonds is 7. The van der Waals surface area contributed by atoms with Crippen LogP contribution in [0.5, 0.6) is 0 Å². The van der Waals surface area contributed by atoms with E-state index in [-0.39, 0.29) is 12.5 Å². The van der Waals surface area contributed by atoms with Crippen molar-refractivity contribution in [3.8, 4) is 0 Å². The highest BCUT2D eigenvalue weighted by atomic mass is 19.1. The van der Waals surface area contributed by atoms with Crippen molar-refractivity contribution in [2.75, 3.05) is 32.1 Å². The number of nitrogens with one attached hydrogen (secondary N) is 2. The number of amides is 1. The molecule has 0 aliphatic heterocycles. The van der Waals surface area contributed by atoms with Gasteiger partial charge in [-0.05, 0) is 18.1 Å². The van der Waals surface area contributed by atoms with E-state index in [1.807, 2.05) is 6.92 Å². The molecular weight excluding hydrogens is 254 g/mol. The summed E-state index contributed by atoms with van der Waals surface area (Å²) < 4.78 is 31.5. The summed E-state index contributed by atoms with van der Waals surface area (Å²) in [5.41, 5.74) is -0.417. The van der Waals surface area contributed by atoms with Crippen molar-refractivity contribution in [2.24, 2.45) is 5.92 Å². The van der Waals surface area contributed by atoms with Crippen molar-refractivity contribution in [1.82, 2.24) is 5.32 Å². The molecule has 4 nitrogen and oxygen atoms in total. The van der Waals surface area contributed by atoms with Gasteiger partial charge in [-0.1, -0.05) is 13.0 Å². The number of hydrogen-bond donors (Lipinski definition) is 2. The van der Waals surface area contributed by atoms with Crippen LogP contribution in [0.2, 0.25) is 0 Å². The maximum absolute atomic E-state index is 13.3. The van der Waals surface area contributed by atoms with Crippen molar-refractivity contribution in [2.45, 2.75) is 6.92 Å². The lowest BCUT2D eigenvalue weighted by molar-refractivity contribution is -0.115.